The highest BCUT2D eigenvalue weighted by molar-refractivity contribution is 6.44. The molecule has 1 N–H and O–H groups in total. The van der Waals surface area contributed by atoms with Crippen molar-refractivity contribution in [3.63, 3.8) is 0 Å². The van der Waals surface area contributed by atoms with E-state index in [9.17, 15) is 14.7 Å². The van der Waals surface area contributed by atoms with Gasteiger partial charge >= 0.3 is 5.91 Å². The monoisotopic (exact) mass is 338 g/mol. The van der Waals surface area contributed by atoms with Crippen LogP contribution in [-0.4, -0.2) is 38.1 Å². The minimum Gasteiger partial charge on any atom is -0.502 e. The maximum absolute atomic E-state index is 12.8. The van der Waals surface area contributed by atoms with Crippen molar-refractivity contribution in [2.75, 3.05) is 31.0 Å². The van der Waals surface area contributed by atoms with E-state index in [-0.39, 0.29) is 5.57 Å². The lowest BCUT2D eigenvalue weighted by molar-refractivity contribution is -0.121. The molecule has 0 radical (unpaired) electrons. The summed E-state index contributed by atoms with van der Waals surface area (Å²) in [5.74, 6) is -1.21. The molecule has 0 saturated heterocycles. The van der Waals surface area contributed by atoms with Crippen molar-refractivity contribution in [3.8, 4) is 5.75 Å². The minimum absolute atomic E-state index is 0.0112. The van der Waals surface area contributed by atoms with E-state index in [1.165, 1.54) is 7.11 Å². The molecule has 3 rings (SSSR count). The molecule has 6 nitrogen and oxygen atoms in total. The average molecular weight is 338 g/mol. The average Bonchev–Trinajstić information content (AvgIpc) is 2.84. The molecule has 25 heavy (non-hydrogen) atoms. The van der Waals surface area contributed by atoms with E-state index in [1.54, 1.807) is 42.5 Å². The van der Waals surface area contributed by atoms with Gasteiger partial charge in [0.15, 0.2) is 5.76 Å². The lowest BCUT2D eigenvalue weighted by Gasteiger charge is -2.18. The van der Waals surface area contributed by atoms with Crippen molar-refractivity contribution >= 4 is 28.8 Å². The Morgan fingerprint density at radius 1 is 1.00 bits per heavy atom. The molecular weight excluding hydrogens is 320 g/mol. The Morgan fingerprint density at radius 3 is 2.28 bits per heavy atom. The number of amides is 2. The Labute approximate surface area is 145 Å². The summed E-state index contributed by atoms with van der Waals surface area (Å²) in [4.78, 5) is 28.1. The van der Waals surface area contributed by atoms with Crippen LogP contribution in [0.4, 0.5) is 11.4 Å². The number of benzene rings is 2. The van der Waals surface area contributed by atoms with Crippen LogP contribution in [0.2, 0.25) is 0 Å². The number of aliphatic hydroxyl groups is 1. The Balaban J connectivity index is 2.00. The Bertz CT molecular complexity index is 869. The van der Waals surface area contributed by atoms with Crippen LogP contribution < -0.4 is 14.5 Å². The Hall–Kier alpha value is -3.28. The first-order valence-electron chi connectivity index (χ1n) is 7.68. The van der Waals surface area contributed by atoms with E-state index in [0.717, 1.165) is 10.6 Å². The molecule has 2 aromatic rings. The Kier molecular flexibility index (Phi) is 4.19. The first-order chi connectivity index (χ1) is 11.9. The van der Waals surface area contributed by atoms with Crippen LogP contribution in [0.15, 0.2) is 54.3 Å². The van der Waals surface area contributed by atoms with Gasteiger partial charge in [0.2, 0.25) is 0 Å². The van der Waals surface area contributed by atoms with E-state index >= 15 is 0 Å². The second kappa shape index (κ2) is 6.32. The highest BCUT2D eigenvalue weighted by Gasteiger charge is 2.40. The van der Waals surface area contributed by atoms with Crippen LogP contribution in [0.5, 0.6) is 5.75 Å². The smallest absolute Gasteiger partial charge is 0.301 e. The van der Waals surface area contributed by atoms with Gasteiger partial charge in [0.05, 0.1) is 18.4 Å². The summed E-state index contributed by atoms with van der Waals surface area (Å²) in [5, 5.41) is 10.2. The summed E-state index contributed by atoms with van der Waals surface area (Å²) in [6.45, 7) is 0. The maximum Gasteiger partial charge on any atom is 0.301 e. The maximum atomic E-state index is 12.8. The number of carbonyl (C=O) groups is 2. The standard InChI is InChI=1S/C19H18N2O4/c1-20(2)13-5-4-6-14(11-13)21-18(23)16(17(22)19(21)24)12-7-9-15(25-3)10-8-12/h4-11,22H,1-3H3. The summed E-state index contributed by atoms with van der Waals surface area (Å²) < 4.78 is 5.09. The fraction of sp³-hybridized carbons (Fsp3) is 0.158. The number of aliphatic hydroxyl groups excluding tert-OH is 1. The fourth-order valence-corrected chi connectivity index (χ4v) is 2.68. The second-order valence-electron chi connectivity index (χ2n) is 5.81. The number of rotatable bonds is 4. The number of hydrogen-bond donors (Lipinski definition) is 1. The molecule has 2 aromatic carbocycles. The number of ether oxygens (including phenoxy) is 1. The molecule has 128 valence electrons. The molecule has 1 aliphatic rings. The van der Waals surface area contributed by atoms with Gasteiger partial charge < -0.3 is 14.7 Å². The zero-order valence-electron chi connectivity index (χ0n) is 14.2. The van der Waals surface area contributed by atoms with Crippen LogP contribution in [-0.2, 0) is 9.59 Å². The first kappa shape index (κ1) is 16.6. The largest absolute Gasteiger partial charge is 0.502 e. The van der Waals surface area contributed by atoms with Crippen molar-refractivity contribution in [2.45, 2.75) is 0 Å². The molecule has 1 aliphatic heterocycles. The molecule has 0 bridgehead atoms. The fourth-order valence-electron chi connectivity index (χ4n) is 2.68. The highest BCUT2D eigenvalue weighted by atomic mass is 16.5. The molecular formula is C19H18N2O4. The van der Waals surface area contributed by atoms with Gasteiger partial charge in [0, 0.05) is 19.8 Å². The van der Waals surface area contributed by atoms with E-state index in [4.69, 9.17) is 4.74 Å². The molecule has 2 amide bonds. The Morgan fingerprint density at radius 2 is 1.68 bits per heavy atom. The van der Waals surface area contributed by atoms with Crippen LogP contribution >= 0.6 is 0 Å². The number of methoxy groups -OCH3 is 1. The van der Waals surface area contributed by atoms with Crippen molar-refractivity contribution in [3.05, 3.63) is 59.9 Å². The van der Waals surface area contributed by atoms with Crippen LogP contribution in [0, 0.1) is 0 Å². The molecule has 0 unspecified atom stereocenters. The molecule has 0 aromatic heterocycles. The number of hydrogen-bond acceptors (Lipinski definition) is 5. The lowest BCUT2D eigenvalue weighted by atomic mass is 10.1. The molecule has 6 heteroatoms. The van der Waals surface area contributed by atoms with Gasteiger partial charge in [-0.3, -0.25) is 9.59 Å². The number of nitrogens with zero attached hydrogens (tertiary/aromatic N) is 2. The quantitative estimate of drug-likeness (QED) is 0.868. The van der Waals surface area contributed by atoms with Gasteiger partial charge in [-0.2, -0.15) is 0 Å². The number of imide groups is 1. The van der Waals surface area contributed by atoms with Crippen LogP contribution in [0.3, 0.4) is 0 Å². The van der Waals surface area contributed by atoms with Gasteiger partial charge in [-0.05, 0) is 35.9 Å². The molecule has 0 fully saturated rings. The predicted octanol–water partition coefficient (Wildman–Crippen LogP) is 2.60. The van der Waals surface area contributed by atoms with Gasteiger partial charge in [-0.1, -0.05) is 18.2 Å². The SMILES string of the molecule is COc1ccc(C2=C(O)C(=O)N(c3cccc(N(C)C)c3)C2=O)cc1. The minimum atomic E-state index is -0.730. The van der Waals surface area contributed by atoms with Crippen LogP contribution in [0.1, 0.15) is 5.56 Å². The summed E-state index contributed by atoms with van der Waals surface area (Å²) >= 11 is 0. The molecule has 0 spiro atoms. The predicted molar refractivity (Wildman–Crippen MR) is 95.8 cm³/mol. The molecule has 1 heterocycles. The van der Waals surface area contributed by atoms with Gasteiger partial charge in [0.25, 0.3) is 5.91 Å². The van der Waals surface area contributed by atoms with Gasteiger partial charge in [-0.25, -0.2) is 4.90 Å². The number of anilines is 2. The first-order valence-corrected chi connectivity index (χ1v) is 7.68. The third-order valence-corrected chi connectivity index (χ3v) is 4.04. The lowest BCUT2D eigenvalue weighted by Crippen LogP contribution is -2.31. The van der Waals surface area contributed by atoms with E-state index in [1.807, 2.05) is 25.1 Å². The van der Waals surface area contributed by atoms with E-state index < -0.39 is 17.6 Å². The van der Waals surface area contributed by atoms with Crippen LogP contribution in [0.25, 0.3) is 5.57 Å². The summed E-state index contributed by atoms with van der Waals surface area (Å²) in [6.07, 6.45) is 0. The second-order valence-corrected chi connectivity index (χ2v) is 5.81. The number of carbonyl (C=O) groups excluding carboxylic acids is 2. The zero-order valence-corrected chi connectivity index (χ0v) is 14.2. The van der Waals surface area contributed by atoms with Crippen molar-refractivity contribution < 1.29 is 19.4 Å². The summed E-state index contributed by atoms with van der Waals surface area (Å²) in [6, 6.07) is 13.6. The summed E-state index contributed by atoms with van der Waals surface area (Å²) in [5.41, 5.74) is 1.71. The van der Waals surface area contributed by atoms with E-state index in [0.29, 0.717) is 17.0 Å². The van der Waals surface area contributed by atoms with Gasteiger partial charge in [0.1, 0.15) is 5.75 Å². The third kappa shape index (κ3) is 2.82. The third-order valence-electron chi connectivity index (χ3n) is 4.04. The molecule has 0 atom stereocenters. The summed E-state index contributed by atoms with van der Waals surface area (Å²) in [7, 11) is 5.27. The van der Waals surface area contributed by atoms with E-state index in [2.05, 4.69) is 0 Å². The molecule has 0 saturated carbocycles. The van der Waals surface area contributed by atoms with Gasteiger partial charge in [-0.15, -0.1) is 0 Å². The van der Waals surface area contributed by atoms with Crippen molar-refractivity contribution in [2.24, 2.45) is 0 Å². The highest BCUT2D eigenvalue weighted by Crippen LogP contribution is 2.33. The van der Waals surface area contributed by atoms with Crippen molar-refractivity contribution in [1.82, 2.24) is 0 Å². The normalized spacial score (nSPS) is 14.3. The molecule has 0 aliphatic carbocycles. The topological polar surface area (TPSA) is 70.1 Å². The zero-order chi connectivity index (χ0) is 18.1. The van der Waals surface area contributed by atoms with Crippen molar-refractivity contribution in [1.29, 1.82) is 0 Å².